The van der Waals surface area contributed by atoms with Crippen molar-refractivity contribution < 1.29 is 32.6 Å². The number of carbonyl (C=O) groups excluding carboxylic acids is 2. The zero-order valence-corrected chi connectivity index (χ0v) is 19.0. The van der Waals surface area contributed by atoms with Gasteiger partial charge in [-0.2, -0.15) is 18.3 Å². The Hall–Kier alpha value is -4.53. The molecule has 0 spiro atoms. The second kappa shape index (κ2) is 9.61. The Labute approximate surface area is 204 Å². The van der Waals surface area contributed by atoms with Crippen molar-refractivity contribution in [3.8, 4) is 5.69 Å². The summed E-state index contributed by atoms with van der Waals surface area (Å²) in [6, 6.07) is 5.10. The van der Waals surface area contributed by atoms with Gasteiger partial charge >= 0.3 is 11.9 Å². The van der Waals surface area contributed by atoms with Gasteiger partial charge in [-0.3, -0.25) is 29.8 Å². The summed E-state index contributed by atoms with van der Waals surface area (Å²) in [6.07, 6.45) is -5.04. The molecule has 3 rings (SSSR count). The molecule has 2 amide bonds. The number of amides is 2. The van der Waals surface area contributed by atoms with Crippen molar-refractivity contribution in [1.29, 1.82) is 0 Å². The van der Waals surface area contributed by atoms with Crippen molar-refractivity contribution in [2.75, 3.05) is 12.4 Å². The van der Waals surface area contributed by atoms with Gasteiger partial charge in [0.2, 0.25) is 0 Å². The maximum absolute atomic E-state index is 13.4. The van der Waals surface area contributed by atoms with E-state index in [4.69, 9.17) is 11.6 Å². The highest BCUT2D eigenvalue weighted by Gasteiger charge is 2.37. The maximum Gasteiger partial charge on any atom is 0.435 e. The number of nitro groups is 2. The summed E-state index contributed by atoms with van der Waals surface area (Å²) in [5.41, 5.74) is -4.54. The number of halogens is 4. The first-order valence-electron chi connectivity index (χ1n) is 9.68. The van der Waals surface area contributed by atoms with Gasteiger partial charge < -0.3 is 10.6 Å². The Kier molecular flexibility index (Phi) is 6.96. The minimum Gasteiger partial charge on any atom is -0.355 e. The Morgan fingerprint density at radius 1 is 1.06 bits per heavy atom. The molecule has 0 aliphatic heterocycles. The van der Waals surface area contributed by atoms with Crippen LogP contribution in [0.25, 0.3) is 5.69 Å². The number of nitro benzene ring substituents is 2. The van der Waals surface area contributed by atoms with Crippen LogP contribution < -0.4 is 10.6 Å². The van der Waals surface area contributed by atoms with Crippen molar-refractivity contribution in [2.45, 2.75) is 13.1 Å². The predicted octanol–water partition coefficient (Wildman–Crippen LogP) is 4.28. The maximum atomic E-state index is 13.4. The van der Waals surface area contributed by atoms with Crippen molar-refractivity contribution in [3.63, 3.8) is 0 Å². The Bertz CT molecular complexity index is 1420. The minimum absolute atomic E-state index is 0.0803. The van der Waals surface area contributed by atoms with Crippen LogP contribution in [0, 0.1) is 27.2 Å². The van der Waals surface area contributed by atoms with Gasteiger partial charge in [-0.25, -0.2) is 4.68 Å². The summed E-state index contributed by atoms with van der Waals surface area (Å²) >= 11 is 5.97. The van der Waals surface area contributed by atoms with E-state index in [1.54, 1.807) is 0 Å². The van der Waals surface area contributed by atoms with Crippen LogP contribution in [0.5, 0.6) is 0 Å². The molecule has 0 radical (unpaired) electrons. The van der Waals surface area contributed by atoms with E-state index in [9.17, 15) is 43.0 Å². The van der Waals surface area contributed by atoms with E-state index in [0.29, 0.717) is 16.8 Å². The number of carbonyl (C=O) groups is 2. The molecule has 0 atom stereocenters. The summed E-state index contributed by atoms with van der Waals surface area (Å²) in [6.45, 7) is 1.48. The van der Waals surface area contributed by atoms with E-state index in [0.717, 1.165) is 12.1 Å². The molecule has 12 nitrogen and oxygen atoms in total. The molecular weight excluding hydrogens is 513 g/mol. The zero-order valence-electron chi connectivity index (χ0n) is 18.2. The number of rotatable bonds is 6. The smallest absolute Gasteiger partial charge is 0.355 e. The molecule has 188 valence electrons. The van der Waals surface area contributed by atoms with Gasteiger partial charge in [0.15, 0.2) is 5.69 Å². The lowest BCUT2D eigenvalue weighted by Crippen LogP contribution is -2.23. The Balaban J connectivity index is 2.21. The third-order valence-corrected chi connectivity index (χ3v) is 5.06. The summed E-state index contributed by atoms with van der Waals surface area (Å²) in [4.78, 5) is 45.9. The first-order valence-corrected chi connectivity index (χ1v) is 10.1. The zero-order chi connectivity index (χ0) is 26.9. The van der Waals surface area contributed by atoms with Crippen molar-refractivity contribution >= 4 is 40.5 Å². The van der Waals surface area contributed by atoms with Crippen LogP contribution in [0.3, 0.4) is 0 Å². The highest BCUT2D eigenvalue weighted by atomic mass is 35.5. The van der Waals surface area contributed by atoms with Gasteiger partial charge in [-0.15, -0.1) is 0 Å². The number of nitrogens with zero attached hydrogens (tertiary/aromatic N) is 4. The van der Waals surface area contributed by atoms with Gasteiger partial charge in [-0.1, -0.05) is 11.6 Å². The lowest BCUT2D eigenvalue weighted by atomic mass is 10.1. The number of hydrogen-bond donors (Lipinski definition) is 2. The number of alkyl halides is 3. The quantitative estimate of drug-likeness (QED) is 0.357. The molecule has 36 heavy (non-hydrogen) atoms. The third-order valence-electron chi connectivity index (χ3n) is 4.84. The number of hydrogen-bond acceptors (Lipinski definition) is 7. The van der Waals surface area contributed by atoms with Crippen LogP contribution in [0.4, 0.5) is 30.2 Å². The summed E-state index contributed by atoms with van der Waals surface area (Å²) in [5.74, 6) is -1.87. The number of aromatic nitrogens is 2. The molecule has 1 heterocycles. The predicted molar refractivity (Wildman–Crippen MR) is 119 cm³/mol. The molecule has 0 bridgehead atoms. The molecular formula is C20H14ClF3N6O6. The largest absolute Gasteiger partial charge is 0.435 e. The fourth-order valence-electron chi connectivity index (χ4n) is 3.22. The molecule has 0 unspecified atom stereocenters. The van der Waals surface area contributed by atoms with Gasteiger partial charge in [0.25, 0.3) is 17.5 Å². The number of benzene rings is 2. The molecule has 0 aliphatic rings. The highest BCUT2D eigenvalue weighted by molar-refractivity contribution is 6.31. The average Bonchev–Trinajstić information content (AvgIpc) is 3.25. The Morgan fingerprint density at radius 3 is 2.28 bits per heavy atom. The molecule has 2 aromatic carbocycles. The van der Waals surface area contributed by atoms with Gasteiger partial charge in [0, 0.05) is 24.2 Å². The Morgan fingerprint density at radius 2 is 1.72 bits per heavy atom. The molecule has 0 aliphatic carbocycles. The molecule has 0 fully saturated rings. The molecule has 1 aromatic heterocycles. The van der Waals surface area contributed by atoms with Gasteiger partial charge in [0.05, 0.1) is 27.2 Å². The average molecular weight is 527 g/mol. The topological polar surface area (TPSA) is 162 Å². The van der Waals surface area contributed by atoms with Crippen LogP contribution in [-0.4, -0.2) is 38.5 Å². The lowest BCUT2D eigenvalue weighted by molar-refractivity contribution is -0.394. The number of non-ortho nitro benzene ring substituents is 1. The van der Waals surface area contributed by atoms with E-state index in [1.165, 1.54) is 26.1 Å². The number of nitrogens with one attached hydrogen (secondary N) is 2. The monoisotopic (exact) mass is 526 g/mol. The van der Waals surface area contributed by atoms with E-state index < -0.39 is 56.3 Å². The molecule has 0 saturated carbocycles. The van der Waals surface area contributed by atoms with E-state index >= 15 is 0 Å². The van der Waals surface area contributed by atoms with Crippen LogP contribution >= 0.6 is 11.6 Å². The molecule has 0 saturated heterocycles. The van der Waals surface area contributed by atoms with Crippen LogP contribution in [-0.2, 0) is 6.18 Å². The SMILES string of the molecule is CNC(=O)c1cc(Cl)cc(C)c1NC(=O)c1cc(C(F)(F)F)nn1-c1ccc([N+](=O)[O-])cc1[N+](=O)[O-]. The second-order valence-electron chi connectivity index (χ2n) is 7.19. The number of aryl methyl sites for hydroxylation is 1. The fourth-order valence-corrected chi connectivity index (χ4v) is 3.49. The molecule has 3 aromatic rings. The minimum atomic E-state index is -5.04. The van der Waals surface area contributed by atoms with Crippen LogP contribution in [0.1, 0.15) is 32.1 Å². The summed E-state index contributed by atoms with van der Waals surface area (Å²) in [7, 11) is 1.31. The fraction of sp³-hybridized carbons (Fsp3) is 0.150. The highest BCUT2D eigenvalue weighted by Crippen LogP contribution is 2.34. The lowest BCUT2D eigenvalue weighted by Gasteiger charge is -2.14. The standard InChI is InChI=1S/C20H14ClF3N6O6/c1-9-5-10(21)6-12(18(31)25-2)17(9)26-19(32)15-8-16(20(22,23)24)27-28(15)13-4-3-11(29(33)34)7-14(13)30(35)36/h3-8H,1-2H3,(H,25,31)(H,26,32). The van der Waals surface area contributed by atoms with Crippen molar-refractivity contribution in [3.05, 3.63) is 84.2 Å². The van der Waals surface area contributed by atoms with E-state index in [1.807, 2.05) is 0 Å². The second-order valence-corrected chi connectivity index (χ2v) is 7.63. The first kappa shape index (κ1) is 26.1. The van der Waals surface area contributed by atoms with E-state index in [2.05, 4.69) is 15.7 Å². The van der Waals surface area contributed by atoms with Crippen LogP contribution in [0.2, 0.25) is 5.02 Å². The van der Waals surface area contributed by atoms with E-state index in [-0.39, 0.29) is 21.8 Å². The van der Waals surface area contributed by atoms with Gasteiger partial charge in [-0.05, 0) is 30.7 Å². The van der Waals surface area contributed by atoms with Gasteiger partial charge in [0.1, 0.15) is 11.4 Å². The third kappa shape index (κ3) is 5.10. The summed E-state index contributed by atoms with van der Waals surface area (Å²) < 4.78 is 40.7. The molecule has 16 heteroatoms. The van der Waals surface area contributed by atoms with Crippen LogP contribution in [0.15, 0.2) is 36.4 Å². The van der Waals surface area contributed by atoms with Crippen molar-refractivity contribution in [2.24, 2.45) is 0 Å². The number of anilines is 1. The summed E-state index contributed by atoms with van der Waals surface area (Å²) in [5, 5.41) is 30.7. The molecule has 2 N–H and O–H groups in total. The first-order chi connectivity index (χ1) is 16.7. The van der Waals surface area contributed by atoms with Crippen molar-refractivity contribution in [1.82, 2.24) is 15.1 Å². The normalized spacial score (nSPS) is 11.2.